The van der Waals surface area contributed by atoms with Gasteiger partial charge in [0.1, 0.15) is 0 Å². The van der Waals surface area contributed by atoms with E-state index in [4.69, 9.17) is 22.2 Å². The number of hydrogen-bond acceptors (Lipinski definition) is 0. The van der Waals surface area contributed by atoms with Gasteiger partial charge < -0.3 is 16.4 Å². The first-order valence-electron chi connectivity index (χ1n) is 41.0. The van der Waals surface area contributed by atoms with Crippen LogP contribution in [0.3, 0.4) is 0 Å². The summed E-state index contributed by atoms with van der Waals surface area (Å²) in [5.41, 5.74) is 30.8. The third-order valence-electron chi connectivity index (χ3n) is 21.5. The van der Waals surface area contributed by atoms with E-state index in [1.54, 1.807) is 44.6 Å². The Labute approximate surface area is 692 Å². The van der Waals surface area contributed by atoms with Gasteiger partial charge in [-0.2, -0.15) is 46.4 Å². The van der Waals surface area contributed by atoms with Crippen LogP contribution in [0.2, 0.25) is 179 Å². The van der Waals surface area contributed by atoms with Crippen LogP contribution in [0.25, 0.3) is 39.5 Å². The molecular formula is C96H150Cl2O3Si9-. The molecule has 12 rings (SSSR count). The summed E-state index contributed by atoms with van der Waals surface area (Å²) >= 11 is 14.4. The van der Waals surface area contributed by atoms with E-state index in [1.165, 1.54) is 104 Å². The van der Waals surface area contributed by atoms with Crippen LogP contribution >= 0.6 is 22.2 Å². The summed E-state index contributed by atoms with van der Waals surface area (Å²) in [6.07, 6.45) is 15.3. The fourth-order valence-electron chi connectivity index (χ4n) is 18.7. The topological polar surface area (TPSA) is 94.5 Å². The van der Waals surface area contributed by atoms with Gasteiger partial charge in [0.25, 0.3) is 0 Å². The van der Waals surface area contributed by atoms with Gasteiger partial charge in [0.15, 0.2) is 14.8 Å². The van der Waals surface area contributed by atoms with Gasteiger partial charge >= 0.3 is 0 Å². The minimum atomic E-state index is -1.89. The summed E-state index contributed by atoms with van der Waals surface area (Å²) in [7, 11) is -11.2. The molecular weight excluding hydrogens is 1520 g/mol. The van der Waals surface area contributed by atoms with Gasteiger partial charge in [-0.1, -0.05) is 374 Å². The Kier molecular flexibility index (Phi) is 33.4. The highest BCUT2D eigenvalue weighted by Gasteiger charge is 2.52. The second kappa shape index (κ2) is 38.0. The van der Waals surface area contributed by atoms with Crippen molar-refractivity contribution in [1.82, 2.24) is 0 Å². The van der Waals surface area contributed by atoms with Gasteiger partial charge in [-0.3, -0.25) is 0 Å². The Morgan fingerprint density at radius 1 is 0.409 bits per heavy atom. The van der Waals surface area contributed by atoms with E-state index in [9.17, 15) is 0 Å². The van der Waals surface area contributed by atoms with Crippen LogP contribution in [-0.2, 0) is 12.5 Å². The van der Waals surface area contributed by atoms with Crippen molar-refractivity contribution in [2.75, 3.05) is 0 Å². The van der Waals surface area contributed by atoms with Crippen molar-refractivity contribution in [3.05, 3.63) is 249 Å². The highest BCUT2D eigenvalue weighted by Crippen LogP contribution is 2.57. The van der Waals surface area contributed by atoms with Gasteiger partial charge in [0.05, 0.1) is 8.07 Å². The molecule has 0 saturated heterocycles. The molecule has 7 aliphatic carbocycles. The molecule has 0 saturated carbocycles. The molecule has 110 heavy (non-hydrogen) atoms. The summed E-state index contributed by atoms with van der Waals surface area (Å²) in [6.45, 7) is 70.7. The fourth-order valence-corrected chi connectivity index (χ4v) is 44.4. The van der Waals surface area contributed by atoms with Crippen LogP contribution in [0.5, 0.6) is 0 Å². The maximum atomic E-state index is 7.20. The molecule has 5 aromatic carbocycles. The molecule has 0 aliphatic heterocycles. The fraction of sp³-hybridized carbons (Fsp3) is 0.490. The zero-order chi connectivity index (χ0) is 79.5. The average molecular weight is 1680 g/mol. The smallest absolute Gasteiger partial charge is 0.165 e. The monoisotopic (exact) mass is 1670 g/mol. The molecule has 0 amide bonds. The van der Waals surface area contributed by atoms with Crippen LogP contribution in [0.15, 0.2) is 188 Å². The van der Waals surface area contributed by atoms with Gasteiger partial charge in [0.2, 0.25) is 0 Å². The molecule has 7 atom stereocenters. The first-order valence-corrected chi connectivity index (χ1v) is 72.6. The van der Waals surface area contributed by atoms with Crippen LogP contribution in [0.4, 0.5) is 0 Å². The van der Waals surface area contributed by atoms with Crippen molar-refractivity contribution >= 4 is 123 Å². The number of rotatable bonds is 20. The van der Waals surface area contributed by atoms with Crippen LogP contribution in [-0.4, -0.2) is 88.4 Å². The van der Waals surface area contributed by atoms with Gasteiger partial charge in [-0.15, -0.1) is 17.2 Å². The first kappa shape index (κ1) is 96.6. The quantitative estimate of drug-likeness (QED) is 0.0413. The van der Waals surface area contributed by atoms with Crippen molar-refractivity contribution in [1.29, 1.82) is 0 Å². The summed E-state index contributed by atoms with van der Waals surface area (Å²) in [5.74, 6) is 0. The standard InChI is InChI=1S/C32H47Si3.2C19H31ClSi2.C13H17Si.C13H18Si.3H2O/c1-32(2,3)23-35(9,30-21-26(22-34(6,7)8)27-15-12-13-17-29(27)30)31-25(18-19-33(4)5)20-24-14-10-11-16-28(24)31;2*1-19(2,3)14-22(7,20)18-12-15(13-21(4,5)6)16-10-8-9-11-17(16)18;1-14(2,3)10-11-8-12-6-4-5-7-13(12)9-11;1-14(2,3)10-12-9-8-11-6-4-5-7-13(11)12;;;/h10-17,20-21,30-31H,18-19,22-23H2,1-9H3;2*8-12,18H,13-14H2,1-7H3;4-9H,10H2,1-3H3;4-7,9H,8,10H2,1-3H3;3*1H2/q;;;-1;;;;. The lowest BCUT2D eigenvalue weighted by Crippen LogP contribution is -2.47. The molecule has 1 radical (unpaired) electrons. The van der Waals surface area contributed by atoms with Crippen molar-refractivity contribution in [3.63, 3.8) is 0 Å². The predicted octanol–water partition coefficient (Wildman–Crippen LogP) is 29.3. The van der Waals surface area contributed by atoms with E-state index in [2.05, 4.69) is 381 Å². The largest absolute Gasteiger partial charge is 0.412 e. The molecule has 7 unspecified atom stereocenters. The third kappa shape index (κ3) is 27.9. The SMILES string of the molecule is CC(C)(C)C[Si](C)(Cl)C1C=C(C[Si](C)(C)C)c2ccccc21.CC(C)(C)C[Si](C)(Cl)C1C=C(C[Si](C)(C)C)c2ccccc21.C[Si](C)(C)CC1=CCc2ccccc21.C[Si](C)(C)Cc1cc2cc[cH-]cc-2c1.C[Si](C)CCC1=Cc2ccccc2C1[Si](C)(CC(C)(C)C)C1C=C(C[Si](C)(C)C)c2ccccc21.O.O.O. The molecule has 5 aromatic rings. The summed E-state index contributed by atoms with van der Waals surface area (Å²) in [6, 6.07) is 70.4. The lowest BCUT2D eigenvalue weighted by Gasteiger charge is -2.45. The van der Waals surface area contributed by atoms with Crippen molar-refractivity contribution < 1.29 is 16.4 Å². The van der Waals surface area contributed by atoms with Gasteiger partial charge in [0, 0.05) is 65.8 Å². The number of fused-ring (bicyclic) bond motifs is 6. The van der Waals surface area contributed by atoms with Crippen LogP contribution in [0, 0.1) is 16.2 Å². The molecule has 6 N–H and O–H groups in total. The van der Waals surface area contributed by atoms with E-state index in [1.807, 2.05) is 0 Å². The zero-order valence-corrected chi connectivity index (χ0v) is 84.8. The van der Waals surface area contributed by atoms with E-state index >= 15 is 0 Å². The summed E-state index contributed by atoms with van der Waals surface area (Å²) in [5, 5.41) is 0. The normalized spacial score (nSPS) is 18.8. The zero-order valence-electron chi connectivity index (χ0n) is 74.2. The van der Waals surface area contributed by atoms with E-state index < -0.39 is 63.2 Å². The predicted molar refractivity (Wildman–Crippen MR) is 522 cm³/mol. The minimum absolute atomic E-state index is 0. The number of hydrogen-bond donors (Lipinski definition) is 0. The second-order valence-electron chi connectivity index (χ2n) is 43.8. The first-order chi connectivity index (χ1) is 49.2. The van der Waals surface area contributed by atoms with Crippen molar-refractivity contribution in [3.8, 4) is 11.1 Å². The molecule has 0 spiro atoms. The Morgan fingerprint density at radius 3 is 1.18 bits per heavy atom. The van der Waals surface area contributed by atoms with E-state index in [-0.39, 0.29) is 25.2 Å². The van der Waals surface area contributed by atoms with Crippen molar-refractivity contribution in [2.24, 2.45) is 16.2 Å². The summed E-state index contributed by atoms with van der Waals surface area (Å²) in [4.78, 5) is 0. The Balaban J connectivity index is 0.000000255. The van der Waals surface area contributed by atoms with Crippen LogP contribution in [0.1, 0.15) is 152 Å². The molecule has 0 heterocycles. The molecule has 603 valence electrons. The maximum Gasteiger partial charge on any atom is 0.165 e. The lowest BCUT2D eigenvalue weighted by molar-refractivity contribution is 0.456. The van der Waals surface area contributed by atoms with Gasteiger partial charge in [-0.05, 0) is 155 Å². The molecule has 7 aliphatic rings. The maximum absolute atomic E-state index is 7.20. The number of halogens is 2. The van der Waals surface area contributed by atoms with Gasteiger partial charge in [-0.25, -0.2) is 0 Å². The molecule has 0 aromatic heterocycles. The molecule has 3 nitrogen and oxygen atoms in total. The highest BCUT2D eigenvalue weighted by atomic mass is 35.6. The molecule has 0 fully saturated rings. The van der Waals surface area contributed by atoms with Crippen LogP contribution < -0.4 is 0 Å². The Bertz CT molecular complexity index is 4150. The van der Waals surface area contributed by atoms with E-state index in [0.29, 0.717) is 38.4 Å². The lowest BCUT2D eigenvalue weighted by atomic mass is 10.0. The minimum Gasteiger partial charge on any atom is -0.412 e. The third-order valence-corrected chi connectivity index (χ3v) is 45.0. The second-order valence-corrected chi connectivity index (χ2v) is 90.9. The molecule has 0 bridgehead atoms. The summed E-state index contributed by atoms with van der Waals surface area (Å²) < 4.78 is 0. The highest BCUT2D eigenvalue weighted by molar-refractivity contribution is 7.21. The van der Waals surface area contributed by atoms with Crippen molar-refractivity contribution in [2.45, 2.75) is 283 Å². The number of benzene rings is 6. The Morgan fingerprint density at radius 2 is 0.773 bits per heavy atom. The number of allylic oxidation sites excluding steroid dienone is 9. The Hall–Kier alpha value is -3.96. The molecule has 14 heteroatoms. The van der Waals surface area contributed by atoms with E-state index in [0.717, 1.165) is 18.5 Å². The average Bonchev–Trinajstić information content (AvgIpc) is 1.56.